The first kappa shape index (κ1) is 22.0. The van der Waals surface area contributed by atoms with Gasteiger partial charge in [0.1, 0.15) is 12.4 Å². The van der Waals surface area contributed by atoms with Crippen LogP contribution in [-0.4, -0.2) is 56.8 Å². The lowest BCUT2D eigenvalue weighted by molar-refractivity contribution is -0.121. The van der Waals surface area contributed by atoms with Gasteiger partial charge in [-0.3, -0.25) is 14.5 Å². The van der Waals surface area contributed by atoms with Crippen molar-refractivity contribution in [2.24, 2.45) is 0 Å². The van der Waals surface area contributed by atoms with Crippen LogP contribution in [-0.2, 0) is 0 Å². The Morgan fingerprint density at radius 3 is 2.43 bits per heavy atom. The van der Waals surface area contributed by atoms with Crippen LogP contribution in [0.3, 0.4) is 0 Å². The van der Waals surface area contributed by atoms with Crippen LogP contribution in [0.1, 0.15) is 27.1 Å². The largest absolute Gasteiger partial charge is 0.405 e. The van der Waals surface area contributed by atoms with Crippen molar-refractivity contribution in [1.29, 1.82) is 0 Å². The third-order valence-electron chi connectivity index (χ3n) is 3.96. The van der Waals surface area contributed by atoms with Gasteiger partial charge in [0, 0.05) is 18.5 Å². The van der Waals surface area contributed by atoms with Crippen LogP contribution in [0.15, 0.2) is 41.7 Å². The molecule has 2 amide bonds. The number of carbonyl (C=O) groups is 2. The fourth-order valence-electron chi connectivity index (χ4n) is 2.65. The third kappa shape index (κ3) is 5.66. The first-order valence-corrected chi connectivity index (χ1v) is 10.2. The average molecular weight is 455 g/mol. The van der Waals surface area contributed by atoms with Crippen molar-refractivity contribution in [1.82, 2.24) is 20.2 Å². The predicted octanol–water partition coefficient (Wildman–Crippen LogP) is 3.10. The Morgan fingerprint density at radius 1 is 1.13 bits per heavy atom. The molecule has 2 aromatic rings. The molecule has 1 aromatic carbocycles. The number of hydrogen-bond acceptors (Lipinski definition) is 6. The summed E-state index contributed by atoms with van der Waals surface area (Å²) in [5.74, 6) is 0.187. The highest BCUT2D eigenvalue weighted by molar-refractivity contribution is 7.99. The SMILES string of the molecule is O=C1c2ccccc2C(=O)N1CCCSc1nccc(NC(=S)NCC(F)(F)F)n1. The topological polar surface area (TPSA) is 87.2 Å². The van der Waals surface area contributed by atoms with Gasteiger partial charge in [-0.05, 0) is 36.8 Å². The highest BCUT2D eigenvalue weighted by Gasteiger charge is 2.34. The highest BCUT2D eigenvalue weighted by atomic mass is 32.2. The number of nitrogens with zero attached hydrogens (tertiary/aromatic N) is 3. The van der Waals surface area contributed by atoms with Gasteiger partial charge in [0.05, 0.1) is 11.1 Å². The summed E-state index contributed by atoms with van der Waals surface area (Å²) in [4.78, 5) is 34.1. The van der Waals surface area contributed by atoms with Crippen LogP contribution in [0.25, 0.3) is 0 Å². The van der Waals surface area contributed by atoms with Gasteiger partial charge in [-0.25, -0.2) is 9.97 Å². The number of thioether (sulfide) groups is 1. The number of fused-ring (bicyclic) bond motifs is 1. The van der Waals surface area contributed by atoms with E-state index in [1.54, 1.807) is 24.3 Å². The van der Waals surface area contributed by atoms with Crippen molar-refractivity contribution >= 4 is 46.7 Å². The maximum Gasteiger partial charge on any atom is 0.405 e. The number of rotatable bonds is 7. The van der Waals surface area contributed by atoms with Gasteiger partial charge < -0.3 is 10.6 Å². The van der Waals surface area contributed by atoms with E-state index in [2.05, 4.69) is 15.3 Å². The standard InChI is InChI=1S/C18H16F3N5O2S2/c19-18(20,21)10-23-16(29)24-13-6-7-22-17(25-13)30-9-3-8-26-14(27)11-4-1-2-5-12(11)15(26)28/h1-2,4-7H,3,8-10H2,(H2,22,23,24,25,29). The lowest BCUT2D eigenvalue weighted by atomic mass is 10.1. The Labute approximate surface area is 179 Å². The first-order valence-electron chi connectivity index (χ1n) is 8.77. The number of imide groups is 1. The zero-order valence-corrected chi connectivity index (χ0v) is 17.0. The summed E-state index contributed by atoms with van der Waals surface area (Å²) in [5.41, 5.74) is 0.819. The number of aromatic nitrogens is 2. The molecule has 7 nitrogen and oxygen atoms in total. The van der Waals surface area contributed by atoms with E-state index in [9.17, 15) is 22.8 Å². The van der Waals surface area contributed by atoms with Crippen molar-refractivity contribution in [2.75, 3.05) is 24.2 Å². The molecule has 12 heteroatoms. The van der Waals surface area contributed by atoms with Gasteiger partial charge >= 0.3 is 6.18 Å². The molecule has 0 radical (unpaired) electrons. The van der Waals surface area contributed by atoms with E-state index in [1.807, 2.05) is 5.32 Å². The Morgan fingerprint density at radius 2 is 1.80 bits per heavy atom. The number of benzene rings is 1. The van der Waals surface area contributed by atoms with Gasteiger partial charge in [0.2, 0.25) is 0 Å². The Hall–Kier alpha value is -2.73. The van der Waals surface area contributed by atoms with Crippen LogP contribution >= 0.6 is 24.0 Å². The molecule has 0 unspecified atom stereocenters. The summed E-state index contributed by atoms with van der Waals surface area (Å²) in [6.45, 7) is -0.980. The van der Waals surface area contributed by atoms with Gasteiger partial charge in [0.15, 0.2) is 10.3 Å². The minimum atomic E-state index is -4.38. The Balaban J connectivity index is 1.46. The summed E-state index contributed by atoms with van der Waals surface area (Å²) in [7, 11) is 0. The second-order valence-electron chi connectivity index (χ2n) is 6.16. The lowest BCUT2D eigenvalue weighted by Gasteiger charge is -2.13. The third-order valence-corrected chi connectivity index (χ3v) is 5.15. The van der Waals surface area contributed by atoms with Crippen molar-refractivity contribution in [3.63, 3.8) is 0 Å². The lowest BCUT2D eigenvalue weighted by Crippen LogP contribution is -2.36. The Kier molecular flexibility index (Phi) is 6.87. The highest BCUT2D eigenvalue weighted by Crippen LogP contribution is 2.23. The molecular weight excluding hydrogens is 439 g/mol. The van der Waals surface area contributed by atoms with Crippen molar-refractivity contribution in [3.05, 3.63) is 47.7 Å². The average Bonchev–Trinajstić information content (AvgIpc) is 2.94. The van der Waals surface area contributed by atoms with Gasteiger partial charge in [-0.2, -0.15) is 13.2 Å². The molecule has 2 heterocycles. The van der Waals surface area contributed by atoms with E-state index in [0.29, 0.717) is 28.5 Å². The molecule has 1 aliphatic heterocycles. The number of alkyl halides is 3. The fraction of sp³-hybridized carbons (Fsp3) is 0.278. The molecule has 0 bridgehead atoms. The number of hydrogen-bond donors (Lipinski definition) is 2. The number of anilines is 1. The minimum absolute atomic E-state index is 0.201. The molecule has 0 atom stereocenters. The number of carbonyl (C=O) groups excluding carboxylic acids is 2. The zero-order chi connectivity index (χ0) is 21.7. The Bertz CT molecular complexity index is 936. The summed E-state index contributed by atoms with van der Waals surface area (Å²) < 4.78 is 36.6. The van der Waals surface area contributed by atoms with Crippen molar-refractivity contribution in [2.45, 2.75) is 17.8 Å². The minimum Gasteiger partial charge on any atom is -0.353 e. The van der Waals surface area contributed by atoms with E-state index < -0.39 is 12.7 Å². The predicted molar refractivity (Wildman–Crippen MR) is 109 cm³/mol. The maximum atomic E-state index is 12.3. The van der Waals surface area contributed by atoms with E-state index in [0.717, 1.165) is 0 Å². The summed E-state index contributed by atoms with van der Waals surface area (Å²) in [6, 6.07) is 8.16. The van der Waals surface area contributed by atoms with Gasteiger partial charge in [-0.15, -0.1) is 0 Å². The summed E-state index contributed by atoms with van der Waals surface area (Å²) in [6.07, 6.45) is -2.39. The van der Waals surface area contributed by atoms with Gasteiger partial charge in [-0.1, -0.05) is 23.9 Å². The van der Waals surface area contributed by atoms with E-state index in [-0.39, 0.29) is 29.3 Å². The van der Waals surface area contributed by atoms with Crippen LogP contribution in [0.4, 0.5) is 19.0 Å². The summed E-state index contributed by atoms with van der Waals surface area (Å²) >= 11 is 6.10. The number of thiocarbonyl (C=S) groups is 1. The maximum absolute atomic E-state index is 12.3. The molecule has 0 saturated heterocycles. The van der Waals surface area contributed by atoms with Gasteiger partial charge in [0.25, 0.3) is 11.8 Å². The number of nitrogens with one attached hydrogen (secondary N) is 2. The van der Waals surface area contributed by atoms with E-state index >= 15 is 0 Å². The molecular formula is C18H16F3N5O2S2. The molecule has 30 heavy (non-hydrogen) atoms. The zero-order valence-electron chi connectivity index (χ0n) is 15.4. The molecule has 3 rings (SSSR count). The van der Waals surface area contributed by atoms with E-state index in [1.165, 1.54) is 28.9 Å². The summed E-state index contributed by atoms with van der Waals surface area (Å²) in [5, 5.41) is 4.81. The molecule has 2 N–H and O–H groups in total. The van der Waals surface area contributed by atoms with Crippen LogP contribution in [0.5, 0.6) is 0 Å². The normalized spacial score (nSPS) is 13.4. The van der Waals surface area contributed by atoms with Crippen molar-refractivity contribution < 1.29 is 22.8 Å². The molecule has 0 aliphatic carbocycles. The second kappa shape index (κ2) is 9.39. The number of amides is 2. The van der Waals surface area contributed by atoms with E-state index in [4.69, 9.17) is 12.2 Å². The molecule has 1 aromatic heterocycles. The quantitative estimate of drug-likeness (QED) is 0.217. The fourth-order valence-corrected chi connectivity index (χ4v) is 3.58. The molecule has 0 fully saturated rings. The smallest absolute Gasteiger partial charge is 0.353 e. The number of halogens is 3. The molecule has 158 valence electrons. The molecule has 0 saturated carbocycles. The molecule has 0 spiro atoms. The second-order valence-corrected chi connectivity index (χ2v) is 7.63. The first-order chi connectivity index (χ1) is 14.2. The monoisotopic (exact) mass is 455 g/mol. The molecule has 1 aliphatic rings. The van der Waals surface area contributed by atoms with Crippen LogP contribution in [0, 0.1) is 0 Å². The van der Waals surface area contributed by atoms with Crippen molar-refractivity contribution in [3.8, 4) is 0 Å². The van der Waals surface area contributed by atoms with Crippen LogP contribution in [0.2, 0.25) is 0 Å². The van der Waals surface area contributed by atoms with Crippen LogP contribution < -0.4 is 10.6 Å².